The molecule has 1 fully saturated rings. The third kappa shape index (κ3) is 8.13. The molecule has 1 saturated heterocycles. The van der Waals surface area contributed by atoms with Crippen LogP contribution in [0.3, 0.4) is 0 Å². The largest absolute Gasteiger partial charge is 0.494 e. The number of benzene rings is 1. The maximum absolute atomic E-state index is 8.72. The summed E-state index contributed by atoms with van der Waals surface area (Å²) in [5, 5.41) is 12.1. The number of piperidine rings is 1. The maximum atomic E-state index is 8.72. The number of aliphatic hydroxyl groups is 1. The van der Waals surface area contributed by atoms with Gasteiger partial charge in [-0.15, -0.1) is 0 Å². The van der Waals surface area contributed by atoms with Crippen LogP contribution in [0, 0.1) is 0 Å². The monoisotopic (exact) mass is 334 g/mol. The molecule has 2 rings (SSSR count). The molecule has 0 amide bonds. The summed E-state index contributed by atoms with van der Waals surface area (Å²) in [6.07, 6.45) is 8.24. The lowest BCUT2D eigenvalue weighted by Gasteiger charge is -2.26. The minimum absolute atomic E-state index is 0.310. The van der Waals surface area contributed by atoms with Crippen molar-refractivity contribution >= 4 is 0 Å². The Kier molecular flexibility index (Phi) is 9.85. The highest BCUT2D eigenvalue weighted by Crippen LogP contribution is 2.17. The summed E-state index contributed by atoms with van der Waals surface area (Å²) in [5.41, 5.74) is 1.36. The van der Waals surface area contributed by atoms with Gasteiger partial charge in [-0.1, -0.05) is 18.6 Å². The number of ether oxygens (including phenoxy) is 1. The van der Waals surface area contributed by atoms with Gasteiger partial charge in [0.25, 0.3) is 0 Å². The number of nitrogens with one attached hydrogen (secondary N) is 1. The topological polar surface area (TPSA) is 44.7 Å². The average Bonchev–Trinajstić information content (AvgIpc) is 2.61. The van der Waals surface area contributed by atoms with Crippen molar-refractivity contribution in [3.63, 3.8) is 0 Å². The first-order valence-corrected chi connectivity index (χ1v) is 9.64. The maximum Gasteiger partial charge on any atom is 0.119 e. The number of hydrogen-bond donors (Lipinski definition) is 2. The lowest BCUT2D eigenvalue weighted by molar-refractivity contribution is 0.220. The molecule has 0 saturated carbocycles. The van der Waals surface area contributed by atoms with Gasteiger partial charge in [0.05, 0.1) is 6.61 Å². The van der Waals surface area contributed by atoms with Gasteiger partial charge in [-0.05, 0) is 82.4 Å². The molecule has 1 aliphatic rings. The van der Waals surface area contributed by atoms with Gasteiger partial charge >= 0.3 is 0 Å². The van der Waals surface area contributed by atoms with Crippen LogP contribution in [0.15, 0.2) is 24.3 Å². The second-order valence-corrected chi connectivity index (χ2v) is 6.72. The van der Waals surface area contributed by atoms with Gasteiger partial charge in [0.1, 0.15) is 5.75 Å². The molecule has 1 aliphatic heterocycles. The minimum atomic E-state index is 0.310. The van der Waals surface area contributed by atoms with E-state index in [-0.39, 0.29) is 0 Å². The summed E-state index contributed by atoms with van der Waals surface area (Å²) >= 11 is 0. The summed E-state index contributed by atoms with van der Waals surface area (Å²) < 4.78 is 5.89. The van der Waals surface area contributed by atoms with E-state index in [9.17, 15) is 0 Å². The Balaban J connectivity index is 1.56. The number of rotatable bonds is 12. The predicted molar refractivity (Wildman–Crippen MR) is 99.5 cm³/mol. The van der Waals surface area contributed by atoms with Crippen molar-refractivity contribution in [1.29, 1.82) is 0 Å². The van der Waals surface area contributed by atoms with Crippen LogP contribution in [0.1, 0.15) is 50.5 Å². The molecule has 4 nitrogen and oxygen atoms in total. The molecule has 4 heteroatoms. The summed E-state index contributed by atoms with van der Waals surface area (Å²) in [7, 11) is 0. The molecule has 0 aromatic heterocycles. The molecule has 0 atom stereocenters. The van der Waals surface area contributed by atoms with E-state index in [0.29, 0.717) is 6.61 Å². The van der Waals surface area contributed by atoms with Gasteiger partial charge in [-0.25, -0.2) is 0 Å². The van der Waals surface area contributed by atoms with Crippen molar-refractivity contribution < 1.29 is 9.84 Å². The zero-order chi connectivity index (χ0) is 16.9. The lowest BCUT2D eigenvalue weighted by atomic mass is 10.1. The molecule has 136 valence electrons. The molecule has 24 heavy (non-hydrogen) atoms. The molecule has 0 aliphatic carbocycles. The Morgan fingerprint density at radius 1 is 1.00 bits per heavy atom. The van der Waals surface area contributed by atoms with Crippen molar-refractivity contribution in [2.45, 2.75) is 51.5 Å². The first-order valence-electron chi connectivity index (χ1n) is 9.64. The fourth-order valence-electron chi connectivity index (χ4n) is 3.16. The van der Waals surface area contributed by atoms with Crippen molar-refractivity contribution in [2.24, 2.45) is 0 Å². The molecule has 0 radical (unpaired) electrons. The van der Waals surface area contributed by atoms with E-state index >= 15 is 0 Å². The van der Waals surface area contributed by atoms with Gasteiger partial charge in [0, 0.05) is 13.2 Å². The summed E-state index contributed by atoms with van der Waals surface area (Å²) in [6.45, 7) is 6.61. The van der Waals surface area contributed by atoms with Crippen LogP contribution in [0.25, 0.3) is 0 Å². The van der Waals surface area contributed by atoms with Crippen molar-refractivity contribution in [3.05, 3.63) is 29.8 Å². The number of aliphatic hydroxyl groups excluding tert-OH is 1. The van der Waals surface area contributed by atoms with Crippen LogP contribution in [0.4, 0.5) is 0 Å². The standard InChI is InChI=1S/C20H34N2O2/c23-15-6-1-3-11-21-12-8-16-24-20-10-7-9-19(17-20)18-22-13-4-2-5-14-22/h7,9-10,17,21,23H,1-6,8,11-16,18H2. The molecule has 0 unspecified atom stereocenters. The minimum Gasteiger partial charge on any atom is -0.494 e. The molecule has 1 aromatic rings. The Morgan fingerprint density at radius 2 is 1.83 bits per heavy atom. The predicted octanol–water partition coefficient (Wildman–Crippen LogP) is 3.19. The summed E-state index contributed by atoms with van der Waals surface area (Å²) in [6, 6.07) is 8.56. The first-order chi connectivity index (χ1) is 11.9. The highest BCUT2D eigenvalue weighted by Gasteiger charge is 2.10. The third-order valence-corrected chi connectivity index (χ3v) is 4.53. The second kappa shape index (κ2) is 12.3. The fourth-order valence-corrected chi connectivity index (χ4v) is 3.16. The molecule has 1 aromatic carbocycles. The summed E-state index contributed by atoms with van der Waals surface area (Å²) in [5.74, 6) is 0.993. The number of hydrogen-bond acceptors (Lipinski definition) is 4. The van der Waals surface area contributed by atoms with Crippen LogP contribution < -0.4 is 10.1 Å². The Hall–Kier alpha value is -1.10. The summed E-state index contributed by atoms with van der Waals surface area (Å²) in [4.78, 5) is 2.54. The average molecular weight is 335 g/mol. The normalized spacial score (nSPS) is 15.5. The van der Waals surface area contributed by atoms with Crippen LogP contribution in [0.5, 0.6) is 5.75 Å². The smallest absolute Gasteiger partial charge is 0.119 e. The third-order valence-electron chi connectivity index (χ3n) is 4.53. The Labute approximate surface area is 147 Å². The zero-order valence-corrected chi connectivity index (χ0v) is 15.0. The number of unbranched alkanes of at least 4 members (excludes halogenated alkanes) is 2. The van der Waals surface area contributed by atoms with Gasteiger partial charge in [-0.3, -0.25) is 4.90 Å². The van der Waals surface area contributed by atoms with Crippen LogP contribution >= 0.6 is 0 Å². The Morgan fingerprint density at radius 3 is 2.67 bits per heavy atom. The molecular formula is C20H34N2O2. The van der Waals surface area contributed by atoms with Gasteiger partial charge in [-0.2, -0.15) is 0 Å². The van der Waals surface area contributed by atoms with Gasteiger partial charge in [0.15, 0.2) is 0 Å². The van der Waals surface area contributed by atoms with Crippen LogP contribution in [-0.2, 0) is 6.54 Å². The van der Waals surface area contributed by atoms with Gasteiger partial charge in [0.2, 0.25) is 0 Å². The van der Waals surface area contributed by atoms with E-state index in [1.54, 1.807) is 0 Å². The van der Waals surface area contributed by atoms with E-state index in [0.717, 1.165) is 57.7 Å². The SMILES string of the molecule is OCCCCCNCCCOc1cccc(CN2CCCCC2)c1. The zero-order valence-electron chi connectivity index (χ0n) is 15.0. The van der Waals surface area contributed by atoms with Crippen molar-refractivity contribution in [2.75, 3.05) is 39.4 Å². The second-order valence-electron chi connectivity index (χ2n) is 6.72. The number of likely N-dealkylation sites (tertiary alicyclic amines) is 1. The highest BCUT2D eigenvalue weighted by molar-refractivity contribution is 5.28. The molecular weight excluding hydrogens is 300 g/mol. The van der Waals surface area contributed by atoms with E-state index < -0.39 is 0 Å². The molecule has 2 N–H and O–H groups in total. The molecule has 1 heterocycles. The van der Waals surface area contributed by atoms with E-state index in [4.69, 9.17) is 9.84 Å². The Bertz CT molecular complexity index is 433. The number of nitrogens with zero attached hydrogens (tertiary/aromatic N) is 1. The van der Waals surface area contributed by atoms with E-state index in [1.807, 2.05) is 0 Å². The van der Waals surface area contributed by atoms with E-state index in [2.05, 4.69) is 34.5 Å². The highest BCUT2D eigenvalue weighted by atomic mass is 16.5. The van der Waals surface area contributed by atoms with Gasteiger partial charge < -0.3 is 15.2 Å². The molecule has 0 bridgehead atoms. The fraction of sp³-hybridized carbons (Fsp3) is 0.700. The van der Waals surface area contributed by atoms with E-state index in [1.165, 1.54) is 37.9 Å². The first kappa shape index (κ1) is 19.2. The van der Waals surface area contributed by atoms with Crippen molar-refractivity contribution in [3.8, 4) is 5.75 Å². The quantitative estimate of drug-likeness (QED) is 0.576. The molecule has 0 spiro atoms. The van der Waals surface area contributed by atoms with Crippen LogP contribution in [-0.4, -0.2) is 49.4 Å². The van der Waals surface area contributed by atoms with Crippen LogP contribution in [0.2, 0.25) is 0 Å². The lowest BCUT2D eigenvalue weighted by Crippen LogP contribution is -2.29. The van der Waals surface area contributed by atoms with Crippen molar-refractivity contribution in [1.82, 2.24) is 10.2 Å².